The van der Waals surface area contributed by atoms with Gasteiger partial charge < -0.3 is 9.47 Å². The van der Waals surface area contributed by atoms with Crippen LogP contribution >= 0.6 is 15.9 Å². The smallest absolute Gasteiger partial charge is 0.235 e. The van der Waals surface area contributed by atoms with Crippen LogP contribution in [-0.4, -0.2) is 24.6 Å². The molecule has 2 atom stereocenters. The van der Waals surface area contributed by atoms with Crippen LogP contribution in [0.5, 0.6) is 0 Å². The van der Waals surface area contributed by atoms with Gasteiger partial charge in [0.2, 0.25) is 6.36 Å². The summed E-state index contributed by atoms with van der Waals surface area (Å²) in [5.74, 6) is 0. The Balaban J connectivity index is 2.28. The fourth-order valence-corrected chi connectivity index (χ4v) is 0.812. The zero-order chi connectivity index (χ0) is 5.98. The highest BCUT2D eigenvalue weighted by Crippen LogP contribution is 2.15. The van der Waals surface area contributed by atoms with E-state index in [0.29, 0.717) is 13.2 Å². The zero-order valence-electron chi connectivity index (χ0n) is 4.14. The number of halogens is 2. The summed E-state index contributed by atoms with van der Waals surface area (Å²) >= 11 is 2.93. The molecule has 1 heterocycles. The summed E-state index contributed by atoms with van der Waals surface area (Å²) in [6, 6.07) is 0. The number of hydrogen-bond acceptors (Lipinski definition) is 2. The summed E-state index contributed by atoms with van der Waals surface area (Å²) in [4.78, 5) is 0. The Morgan fingerprint density at radius 3 is 2.38 bits per heavy atom. The molecule has 0 bridgehead atoms. The van der Waals surface area contributed by atoms with E-state index >= 15 is 0 Å². The Morgan fingerprint density at radius 2 is 2.00 bits per heavy atom. The quantitative estimate of drug-likeness (QED) is 0.525. The van der Waals surface area contributed by atoms with E-state index in [1.54, 1.807) is 0 Å². The normalized spacial score (nSPS) is 39.8. The highest BCUT2D eigenvalue weighted by atomic mass is 79.9. The molecule has 0 amide bonds. The van der Waals surface area contributed by atoms with Crippen LogP contribution in [-0.2, 0) is 9.47 Å². The molecule has 0 aromatic heterocycles. The van der Waals surface area contributed by atoms with E-state index in [2.05, 4.69) is 20.7 Å². The van der Waals surface area contributed by atoms with Crippen LogP contribution in [0, 0.1) is 0 Å². The predicted molar refractivity (Wildman–Crippen MR) is 29.5 cm³/mol. The van der Waals surface area contributed by atoms with Gasteiger partial charge in [0.1, 0.15) is 0 Å². The Labute approximate surface area is 55.1 Å². The van der Waals surface area contributed by atoms with E-state index in [9.17, 15) is 4.39 Å². The second-order valence-corrected chi connectivity index (χ2v) is 2.35. The van der Waals surface area contributed by atoms with Gasteiger partial charge in [0.15, 0.2) is 5.01 Å². The highest BCUT2D eigenvalue weighted by Gasteiger charge is 2.22. The largest absolute Gasteiger partial charge is 0.359 e. The molecule has 48 valence electrons. The lowest BCUT2D eigenvalue weighted by atomic mass is 10.6. The van der Waals surface area contributed by atoms with Crippen molar-refractivity contribution in [3.05, 3.63) is 0 Å². The molecule has 1 rings (SSSR count). The molecule has 0 aromatic rings. The third-order valence-corrected chi connectivity index (χ3v) is 1.52. The summed E-state index contributed by atoms with van der Waals surface area (Å²) < 4.78 is 21.5. The lowest BCUT2D eigenvalue weighted by Crippen LogP contribution is -2.30. The Kier molecular flexibility index (Phi) is 2.22. The molecule has 2 nitrogen and oxygen atoms in total. The highest BCUT2D eigenvalue weighted by molar-refractivity contribution is 9.09. The maximum atomic E-state index is 12.2. The molecule has 0 aliphatic carbocycles. The molecule has 0 radical (unpaired) electrons. The van der Waals surface area contributed by atoms with Gasteiger partial charge in [0.25, 0.3) is 0 Å². The van der Waals surface area contributed by atoms with Gasteiger partial charge in [-0.1, -0.05) is 15.9 Å². The number of rotatable bonds is 0. The standard InChI is InChI=1S/C4H6BrFO2/c5-3-4(6)8-2-1-7-3/h3-4H,1-2H2. The van der Waals surface area contributed by atoms with Crippen molar-refractivity contribution < 1.29 is 13.9 Å². The van der Waals surface area contributed by atoms with Gasteiger partial charge in [-0.05, 0) is 0 Å². The first-order valence-corrected chi connectivity index (χ1v) is 3.23. The van der Waals surface area contributed by atoms with Crippen molar-refractivity contribution in [3.63, 3.8) is 0 Å². The Hall–Kier alpha value is 0.330. The van der Waals surface area contributed by atoms with E-state index in [0.717, 1.165) is 0 Å². The molecule has 4 heteroatoms. The molecular weight excluding hydrogens is 179 g/mol. The predicted octanol–water partition coefficient (Wildman–Crippen LogP) is 1.05. The molecule has 1 aliphatic heterocycles. The van der Waals surface area contributed by atoms with Crippen molar-refractivity contribution >= 4 is 15.9 Å². The molecule has 1 saturated heterocycles. The third-order valence-electron chi connectivity index (χ3n) is 0.844. The SMILES string of the molecule is FC1OCCOC1Br. The number of hydrogen-bond donors (Lipinski definition) is 0. The van der Waals surface area contributed by atoms with E-state index in [1.165, 1.54) is 0 Å². The van der Waals surface area contributed by atoms with Crippen molar-refractivity contribution in [2.75, 3.05) is 13.2 Å². The monoisotopic (exact) mass is 184 g/mol. The van der Waals surface area contributed by atoms with Crippen LogP contribution in [0.2, 0.25) is 0 Å². The Bertz CT molecular complexity index is 70.4. The summed E-state index contributed by atoms with van der Waals surface area (Å²) in [6.45, 7) is 0.819. The third kappa shape index (κ3) is 1.40. The molecule has 1 aliphatic rings. The van der Waals surface area contributed by atoms with Crippen molar-refractivity contribution in [1.82, 2.24) is 0 Å². The maximum absolute atomic E-state index is 12.2. The topological polar surface area (TPSA) is 18.5 Å². The molecule has 1 fully saturated rings. The Morgan fingerprint density at radius 1 is 1.38 bits per heavy atom. The van der Waals surface area contributed by atoms with E-state index in [-0.39, 0.29) is 0 Å². The minimum Gasteiger partial charge on any atom is -0.359 e. The first-order chi connectivity index (χ1) is 3.80. The average molecular weight is 185 g/mol. The van der Waals surface area contributed by atoms with Crippen LogP contribution in [0.25, 0.3) is 0 Å². The van der Waals surface area contributed by atoms with Gasteiger partial charge >= 0.3 is 0 Å². The second-order valence-electron chi connectivity index (χ2n) is 1.44. The van der Waals surface area contributed by atoms with Crippen LogP contribution in [0.1, 0.15) is 0 Å². The minimum atomic E-state index is -1.30. The van der Waals surface area contributed by atoms with Gasteiger partial charge in [0.05, 0.1) is 13.2 Å². The van der Waals surface area contributed by atoms with Crippen LogP contribution in [0.15, 0.2) is 0 Å². The van der Waals surface area contributed by atoms with Gasteiger partial charge in [-0.25, -0.2) is 4.39 Å². The van der Waals surface area contributed by atoms with Crippen LogP contribution < -0.4 is 0 Å². The van der Waals surface area contributed by atoms with Crippen molar-refractivity contribution in [1.29, 1.82) is 0 Å². The summed E-state index contributed by atoms with van der Waals surface area (Å²) in [6.07, 6.45) is -1.30. The minimum absolute atomic E-state index is 0.350. The van der Waals surface area contributed by atoms with Crippen molar-refractivity contribution in [2.45, 2.75) is 11.4 Å². The lowest BCUT2D eigenvalue weighted by molar-refractivity contribution is -0.157. The van der Waals surface area contributed by atoms with Crippen LogP contribution in [0.3, 0.4) is 0 Å². The average Bonchev–Trinajstić information content (AvgIpc) is 1.77. The van der Waals surface area contributed by atoms with E-state index in [1.807, 2.05) is 0 Å². The molecule has 0 aromatic carbocycles. The summed E-state index contributed by atoms with van der Waals surface area (Å²) in [7, 11) is 0. The van der Waals surface area contributed by atoms with Crippen LogP contribution in [0.4, 0.5) is 4.39 Å². The van der Waals surface area contributed by atoms with Crippen molar-refractivity contribution in [2.24, 2.45) is 0 Å². The zero-order valence-corrected chi connectivity index (χ0v) is 5.73. The molecular formula is C4H6BrFO2. The second kappa shape index (κ2) is 2.75. The fourth-order valence-electron chi connectivity index (χ4n) is 0.473. The van der Waals surface area contributed by atoms with Gasteiger partial charge in [-0.2, -0.15) is 0 Å². The van der Waals surface area contributed by atoms with Crippen molar-refractivity contribution in [3.8, 4) is 0 Å². The first kappa shape index (κ1) is 6.45. The van der Waals surface area contributed by atoms with E-state index < -0.39 is 11.4 Å². The molecule has 8 heavy (non-hydrogen) atoms. The fraction of sp³-hybridized carbons (Fsp3) is 1.00. The maximum Gasteiger partial charge on any atom is 0.235 e. The first-order valence-electron chi connectivity index (χ1n) is 2.32. The summed E-state index contributed by atoms with van der Waals surface area (Å²) in [5, 5.41) is -0.573. The van der Waals surface area contributed by atoms with Gasteiger partial charge in [0, 0.05) is 0 Å². The molecule has 0 saturated carbocycles. The van der Waals surface area contributed by atoms with Gasteiger partial charge in [-0.15, -0.1) is 0 Å². The number of alkyl halides is 2. The summed E-state index contributed by atoms with van der Waals surface area (Å²) in [5.41, 5.74) is 0. The lowest BCUT2D eigenvalue weighted by Gasteiger charge is -2.21. The molecule has 0 spiro atoms. The number of ether oxygens (including phenoxy) is 2. The molecule has 2 unspecified atom stereocenters. The molecule has 0 N–H and O–H groups in total. The van der Waals surface area contributed by atoms with E-state index in [4.69, 9.17) is 4.74 Å². The van der Waals surface area contributed by atoms with Gasteiger partial charge in [-0.3, -0.25) is 0 Å².